The lowest BCUT2D eigenvalue weighted by atomic mass is 10.1. The Labute approximate surface area is 215 Å². The SMILES string of the molecule is CC(C)N(C)CC=CC(=O)Nc1cc2c(Nc3ccc(F)c(Cl)c3)ncnc2cc1OC1CCCC1. The van der Waals surface area contributed by atoms with Crippen LogP contribution in [0.15, 0.2) is 48.8 Å². The maximum Gasteiger partial charge on any atom is 0.248 e. The molecule has 0 bridgehead atoms. The Morgan fingerprint density at radius 2 is 2.03 bits per heavy atom. The molecule has 0 spiro atoms. The molecule has 0 aliphatic heterocycles. The van der Waals surface area contributed by atoms with Crippen LogP contribution in [0.1, 0.15) is 39.5 Å². The minimum atomic E-state index is -0.499. The number of nitrogens with zero attached hydrogens (tertiary/aromatic N) is 3. The molecule has 0 unspecified atom stereocenters. The number of carbonyl (C=O) groups excluding carboxylic acids is 1. The summed E-state index contributed by atoms with van der Waals surface area (Å²) >= 11 is 5.94. The second-order valence-corrected chi connectivity index (χ2v) is 9.70. The second-order valence-electron chi connectivity index (χ2n) is 9.29. The number of nitrogens with one attached hydrogen (secondary N) is 2. The monoisotopic (exact) mass is 511 g/mol. The van der Waals surface area contributed by atoms with Gasteiger partial charge in [-0.3, -0.25) is 4.79 Å². The zero-order valence-electron chi connectivity index (χ0n) is 20.7. The number of fused-ring (bicyclic) bond motifs is 1. The molecular formula is C27H31ClFN5O2. The quantitative estimate of drug-likeness (QED) is 0.327. The first-order valence-electron chi connectivity index (χ1n) is 12.2. The molecule has 0 saturated heterocycles. The standard InChI is InChI=1S/C27H31ClFN5O2/c1-17(2)34(3)12-6-9-26(35)33-24-14-20-23(15-25(24)36-19-7-4-5-8-19)30-16-31-27(20)32-18-10-11-22(29)21(28)13-18/h6,9-11,13-17,19H,4-5,7-8,12H2,1-3H3,(H,33,35)(H,30,31,32). The van der Waals surface area contributed by atoms with Gasteiger partial charge < -0.3 is 20.3 Å². The van der Waals surface area contributed by atoms with Gasteiger partial charge in [0.1, 0.15) is 23.7 Å². The fraction of sp³-hybridized carbons (Fsp3) is 0.370. The van der Waals surface area contributed by atoms with Crippen molar-refractivity contribution in [3.8, 4) is 5.75 Å². The molecule has 1 saturated carbocycles. The molecule has 0 atom stereocenters. The maximum absolute atomic E-state index is 13.6. The van der Waals surface area contributed by atoms with Crippen LogP contribution in [0.3, 0.4) is 0 Å². The minimum Gasteiger partial charge on any atom is -0.488 e. The van der Waals surface area contributed by atoms with Gasteiger partial charge in [0.2, 0.25) is 5.91 Å². The summed E-state index contributed by atoms with van der Waals surface area (Å²) in [4.78, 5) is 23.7. The number of halogens is 2. The Bertz CT molecular complexity index is 1260. The van der Waals surface area contributed by atoms with Gasteiger partial charge in [-0.2, -0.15) is 0 Å². The van der Waals surface area contributed by atoms with E-state index in [0.717, 1.165) is 25.7 Å². The highest BCUT2D eigenvalue weighted by Crippen LogP contribution is 2.36. The van der Waals surface area contributed by atoms with Crippen molar-refractivity contribution in [1.82, 2.24) is 14.9 Å². The molecule has 1 aliphatic carbocycles. The van der Waals surface area contributed by atoms with Gasteiger partial charge in [-0.25, -0.2) is 14.4 Å². The van der Waals surface area contributed by atoms with E-state index in [1.807, 2.05) is 19.2 Å². The fourth-order valence-electron chi connectivity index (χ4n) is 3.99. The Balaban J connectivity index is 1.64. The van der Waals surface area contributed by atoms with Gasteiger partial charge in [-0.05, 0) is 70.8 Å². The molecular weight excluding hydrogens is 481 g/mol. The first-order valence-corrected chi connectivity index (χ1v) is 12.5. The van der Waals surface area contributed by atoms with Gasteiger partial charge in [0.05, 0.1) is 22.3 Å². The number of rotatable bonds is 9. The van der Waals surface area contributed by atoms with Crippen LogP contribution in [-0.4, -0.2) is 46.5 Å². The predicted molar refractivity (Wildman–Crippen MR) is 143 cm³/mol. The lowest BCUT2D eigenvalue weighted by Gasteiger charge is -2.19. The number of hydrogen-bond acceptors (Lipinski definition) is 6. The molecule has 0 radical (unpaired) electrons. The number of ether oxygens (including phenoxy) is 1. The van der Waals surface area contributed by atoms with Gasteiger partial charge in [0.15, 0.2) is 0 Å². The number of amides is 1. The molecule has 1 fully saturated rings. The lowest BCUT2D eigenvalue weighted by molar-refractivity contribution is -0.111. The Morgan fingerprint density at radius 3 is 2.75 bits per heavy atom. The van der Waals surface area contributed by atoms with Crippen molar-refractivity contribution in [3.05, 3.63) is 59.7 Å². The Kier molecular flexibility index (Phi) is 8.38. The lowest BCUT2D eigenvalue weighted by Crippen LogP contribution is -2.26. The highest BCUT2D eigenvalue weighted by molar-refractivity contribution is 6.31. The van der Waals surface area contributed by atoms with E-state index in [1.165, 1.54) is 24.5 Å². The van der Waals surface area contributed by atoms with Gasteiger partial charge in [-0.15, -0.1) is 0 Å². The Morgan fingerprint density at radius 1 is 1.25 bits per heavy atom. The number of aromatic nitrogens is 2. The van der Waals surface area contributed by atoms with E-state index in [4.69, 9.17) is 16.3 Å². The number of hydrogen-bond donors (Lipinski definition) is 2. The van der Waals surface area contributed by atoms with Crippen molar-refractivity contribution in [2.45, 2.75) is 51.7 Å². The first-order chi connectivity index (χ1) is 17.3. The van der Waals surface area contributed by atoms with Crippen molar-refractivity contribution in [2.75, 3.05) is 24.2 Å². The summed E-state index contributed by atoms with van der Waals surface area (Å²) in [5, 5.41) is 6.82. The summed E-state index contributed by atoms with van der Waals surface area (Å²) in [6.07, 6.45) is 9.14. The van der Waals surface area contributed by atoms with Crippen LogP contribution in [0.5, 0.6) is 5.75 Å². The van der Waals surface area contributed by atoms with Crippen LogP contribution in [0.2, 0.25) is 5.02 Å². The molecule has 1 aromatic heterocycles. The van der Waals surface area contributed by atoms with Crippen LogP contribution in [0, 0.1) is 5.82 Å². The first kappa shape index (κ1) is 25.9. The minimum absolute atomic E-state index is 0.00784. The predicted octanol–water partition coefficient (Wildman–Crippen LogP) is 6.32. The highest BCUT2D eigenvalue weighted by atomic mass is 35.5. The van der Waals surface area contributed by atoms with Crippen LogP contribution in [-0.2, 0) is 4.79 Å². The number of anilines is 3. The summed E-state index contributed by atoms with van der Waals surface area (Å²) in [7, 11) is 2.01. The molecule has 1 amide bonds. The molecule has 2 N–H and O–H groups in total. The molecule has 190 valence electrons. The summed E-state index contributed by atoms with van der Waals surface area (Å²) in [6, 6.07) is 8.37. The normalized spacial score (nSPS) is 14.3. The topological polar surface area (TPSA) is 79.4 Å². The highest BCUT2D eigenvalue weighted by Gasteiger charge is 2.20. The molecule has 36 heavy (non-hydrogen) atoms. The summed E-state index contributed by atoms with van der Waals surface area (Å²) < 4.78 is 19.9. The van der Waals surface area contributed by atoms with Crippen molar-refractivity contribution in [2.24, 2.45) is 0 Å². The molecule has 9 heteroatoms. The summed E-state index contributed by atoms with van der Waals surface area (Å²) in [6.45, 7) is 4.86. The third-order valence-corrected chi connectivity index (χ3v) is 6.61. The van der Waals surface area contributed by atoms with Gasteiger partial charge in [0, 0.05) is 35.8 Å². The van der Waals surface area contributed by atoms with Crippen LogP contribution in [0.4, 0.5) is 21.6 Å². The van der Waals surface area contributed by atoms with Gasteiger partial charge >= 0.3 is 0 Å². The van der Waals surface area contributed by atoms with Crippen LogP contribution in [0.25, 0.3) is 10.9 Å². The largest absolute Gasteiger partial charge is 0.488 e. The van der Waals surface area contributed by atoms with Crippen molar-refractivity contribution >= 4 is 45.6 Å². The van der Waals surface area contributed by atoms with Crippen molar-refractivity contribution < 1.29 is 13.9 Å². The van der Waals surface area contributed by atoms with Crippen LogP contribution >= 0.6 is 11.6 Å². The number of likely N-dealkylation sites (N-methyl/N-ethyl adjacent to an activating group) is 1. The molecule has 1 heterocycles. The molecule has 3 aromatic rings. The smallest absolute Gasteiger partial charge is 0.248 e. The van der Waals surface area contributed by atoms with E-state index < -0.39 is 5.82 Å². The number of carbonyl (C=O) groups is 1. The van der Waals surface area contributed by atoms with E-state index in [0.29, 0.717) is 46.4 Å². The fourth-order valence-corrected chi connectivity index (χ4v) is 4.17. The average molecular weight is 512 g/mol. The van der Waals surface area contributed by atoms with Crippen molar-refractivity contribution in [3.63, 3.8) is 0 Å². The van der Waals surface area contributed by atoms with Gasteiger partial charge in [0.25, 0.3) is 0 Å². The summed E-state index contributed by atoms with van der Waals surface area (Å²) in [5.41, 5.74) is 1.77. The Hall–Kier alpha value is -3.23. The van der Waals surface area contributed by atoms with E-state index in [2.05, 4.69) is 39.3 Å². The van der Waals surface area contributed by atoms with Gasteiger partial charge in [-0.1, -0.05) is 17.7 Å². The maximum atomic E-state index is 13.6. The van der Waals surface area contributed by atoms with Crippen LogP contribution < -0.4 is 15.4 Å². The van der Waals surface area contributed by atoms with E-state index >= 15 is 0 Å². The second kappa shape index (κ2) is 11.7. The van der Waals surface area contributed by atoms with E-state index in [-0.39, 0.29) is 17.0 Å². The summed E-state index contributed by atoms with van der Waals surface area (Å²) in [5.74, 6) is 0.324. The molecule has 2 aromatic carbocycles. The average Bonchev–Trinajstić information content (AvgIpc) is 3.35. The third kappa shape index (κ3) is 6.50. The van der Waals surface area contributed by atoms with Crippen molar-refractivity contribution in [1.29, 1.82) is 0 Å². The zero-order chi connectivity index (χ0) is 25.7. The van der Waals surface area contributed by atoms with E-state index in [9.17, 15) is 9.18 Å². The number of benzene rings is 2. The third-order valence-electron chi connectivity index (χ3n) is 6.32. The van der Waals surface area contributed by atoms with E-state index in [1.54, 1.807) is 12.1 Å². The zero-order valence-corrected chi connectivity index (χ0v) is 21.5. The molecule has 4 rings (SSSR count). The molecule has 1 aliphatic rings. The molecule has 7 nitrogen and oxygen atoms in total.